The van der Waals surface area contributed by atoms with Crippen molar-refractivity contribution in [2.24, 2.45) is 0 Å². The van der Waals surface area contributed by atoms with Crippen molar-refractivity contribution < 1.29 is 9.32 Å². The molecule has 0 spiro atoms. The maximum Gasteiger partial charge on any atom is 0.270 e. The van der Waals surface area contributed by atoms with Gasteiger partial charge < -0.3 is 14.4 Å². The lowest BCUT2D eigenvalue weighted by atomic mass is 9.97. The van der Waals surface area contributed by atoms with Crippen LogP contribution in [0.5, 0.6) is 0 Å². The maximum atomic E-state index is 12.8. The molecule has 5 nitrogen and oxygen atoms in total. The van der Waals surface area contributed by atoms with E-state index in [-0.39, 0.29) is 5.91 Å². The third-order valence-corrected chi connectivity index (χ3v) is 5.22. The molecule has 0 aliphatic carbocycles. The zero-order valence-corrected chi connectivity index (χ0v) is 15.0. The largest absolute Gasteiger partial charge is 0.360 e. The number of nitrogens with zero attached hydrogens (tertiary/aromatic N) is 2. The summed E-state index contributed by atoms with van der Waals surface area (Å²) in [5.41, 5.74) is 4.57. The minimum Gasteiger partial charge on any atom is -0.360 e. The van der Waals surface area contributed by atoms with E-state index in [2.05, 4.69) is 34.4 Å². The van der Waals surface area contributed by atoms with Gasteiger partial charge in [0.05, 0.1) is 6.54 Å². The molecule has 27 heavy (non-hydrogen) atoms. The molecule has 2 aromatic carbocycles. The number of amides is 1. The zero-order chi connectivity index (χ0) is 18.4. The van der Waals surface area contributed by atoms with E-state index >= 15 is 0 Å². The van der Waals surface area contributed by atoms with Gasteiger partial charge in [0.25, 0.3) is 5.91 Å². The number of carbonyl (C=O) groups excluding carboxylic acids is 1. The Labute approximate surface area is 156 Å². The second-order valence-electron chi connectivity index (χ2n) is 7.03. The number of rotatable bonds is 2. The number of hydrogen-bond donors (Lipinski definition) is 1. The Morgan fingerprint density at radius 1 is 1.19 bits per heavy atom. The average molecular weight is 357 g/mol. The molecule has 1 aliphatic heterocycles. The molecule has 0 radical (unpaired) electrons. The van der Waals surface area contributed by atoms with Gasteiger partial charge in [0, 0.05) is 30.3 Å². The molecular formula is C22H19N3O2. The second-order valence-corrected chi connectivity index (χ2v) is 7.03. The fourth-order valence-corrected chi connectivity index (χ4v) is 3.82. The molecule has 1 aliphatic rings. The molecule has 0 unspecified atom stereocenters. The monoisotopic (exact) mass is 357 g/mol. The summed E-state index contributed by atoms with van der Waals surface area (Å²) in [5.74, 6) is 0.892. The summed E-state index contributed by atoms with van der Waals surface area (Å²) in [6.07, 6.45) is 2.53. The molecule has 0 fully saturated rings. The van der Waals surface area contributed by atoms with Crippen molar-refractivity contribution in [1.82, 2.24) is 15.0 Å². The first kappa shape index (κ1) is 15.9. The van der Waals surface area contributed by atoms with Crippen molar-refractivity contribution in [2.75, 3.05) is 6.54 Å². The van der Waals surface area contributed by atoms with Crippen LogP contribution < -0.4 is 0 Å². The molecule has 1 amide bonds. The normalized spacial score (nSPS) is 13.7. The predicted octanol–water partition coefficient (Wildman–Crippen LogP) is 4.33. The highest BCUT2D eigenvalue weighted by atomic mass is 16.5. The quantitative estimate of drug-likeness (QED) is 0.581. The van der Waals surface area contributed by atoms with Gasteiger partial charge in [0.1, 0.15) is 17.1 Å². The van der Waals surface area contributed by atoms with Gasteiger partial charge in [-0.3, -0.25) is 4.79 Å². The minimum absolute atomic E-state index is 0.0128. The molecule has 0 saturated heterocycles. The van der Waals surface area contributed by atoms with Crippen LogP contribution in [0.1, 0.15) is 27.4 Å². The molecule has 0 saturated carbocycles. The highest BCUT2D eigenvalue weighted by Gasteiger charge is 2.29. The van der Waals surface area contributed by atoms with Crippen LogP contribution in [0.2, 0.25) is 0 Å². The zero-order valence-electron chi connectivity index (χ0n) is 15.0. The first-order valence-electron chi connectivity index (χ1n) is 9.10. The Hall–Kier alpha value is -3.34. The van der Waals surface area contributed by atoms with Crippen molar-refractivity contribution >= 4 is 16.7 Å². The molecule has 0 atom stereocenters. The topological polar surface area (TPSA) is 62.1 Å². The fraction of sp³-hybridized carbons (Fsp3) is 0.182. The van der Waals surface area contributed by atoms with Gasteiger partial charge in [-0.25, -0.2) is 0 Å². The number of fused-ring (bicyclic) bond motifs is 2. The van der Waals surface area contributed by atoms with E-state index in [1.54, 1.807) is 0 Å². The maximum absolute atomic E-state index is 12.8. The van der Waals surface area contributed by atoms with Crippen molar-refractivity contribution in [3.05, 3.63) is 77.3 Å². The number of aromatic amines is 1. The highest BCUT2D eigenvalue weighted by molar-refractivity contribution is 5.97. The number of aromatic nitrogens is 2. The summed E-state index contributed by atoms with van der Waals surface area (Å²) in [5, 5.41) is 6.67. The number of aryl methyl sites for hydroxylation is 1. The third kappa shape index (κ3) is 2.63. The molecule has 2 aromatic heterocycles. The van der Waals surface area contributed by atoms with Crippen LogP contribution >= 0.6 is 0 Å². The highest BCUT2D eigenvalue weighted by Crippen LogP contribution is 2.34. The van der Waals surface area contributed by atoms with Gasteiger partial charge >= 0.3 is 0 Å². The summed E-state index contributed by atoms with van der Waals surface area (Å²) >= 11 is 0. The molecule has 0 bridgehead atoms. The van der Waals surface area contributed by atoms with Crippen LogP contribution in [0.4, 0.5) is 0 Å². The van der Waals surface area contributed by atoms with Crippen molar-refractivity contribution in [1.29, 1.82) is 0 Å². The Kier molecular flexibility index (Phi) is 3.60. The molecule has 3 heterocycles. The molecule has 1 N–H and O–H groups in total. The van der Waals surface area contributed by atoms with E-state index in [0.717, 1.165) is 38.9 Å². The summed E-state index contributed by atoms with van der Waals surface area (Å²) in [6.45, 7) is 3.11. The summed E-state index contributed by atoms with van der Waals surface area (Å²) in [7, 11) is 0. The molecule has 5 rings (SSSR count). The Bertz CT molecular complexity index is 1150. The van der Waals surface area contributed by atoms with Gasteiger partial charge in [-0.2, -0.15) is 0 Å². The van der Waals surface area contributed by atoms with E-state index in [0.29, 0.717) is 25.2 Å². The predicted molar refractivity (Wildman–Crippen MR) is 103 cm³/mol. The van der Waals surface area contributed by atoms with Crippen LogP contribution in [-0.2, 0) is 13.0 Å². The Morgan fingerprint density at radius 3 is 2.89 bits per heavy atom. The number of hydrogen-bond acceptors (Lipinski definition) is 3. The first-order valence-corrected chi connectivity index (χ1v) is 9.10. The first-order chi connectivity index (χ1) is 13.2. The van der Waals surface area contributed by atoms with Crippen LogP contribution in [0.15, 0.2) is 59.3 Å². The van der Waals surface area contributed by atoms with E-state index in [1.165, 1.54) is 0 Å². The number of benzene rings is 2. The van der Waals surface area contributed by atoms with Crippen molar-refractivity contribution in [3.8, 4) is 11.3 Å². The number of nitrogens with one attached hydrogen (secondary N) is 1. The van der Waals surface area contributed by atoms with Crippen LogP contribution in [-0.4, -0.2) is 27.5 Å². The molecule has 4 aromatic rings. The van der Waals surface area contributed by atoms with Gasteiger partial charge in [-0.05, 0) is 29.3 Å². The van der Waals surface area contributed by atoms with Crippen LogP contribution in [0.3, 0.4) is 0 Å². The van der Waals surface area contributed by atoms with Gasteiger partial charge in [-0.1, -0.05) is 47.6 Å². The van der Waals surface area contributed by atoms with Crippen LogP contribution in [0, 0.1) is 6.92 Å². The molecular weight excluding hydrogens is 338 g/mol. The van der Waals surface area contributed by atoms with Gasteiger partial charge in [0.2, 0.25) is 0 Å². The van der Waals surface area contributed by atoms with E-state index in [9.17, 15) is 4.79 Å². The fourth-order valence-electron chi connectivity index (χ4n) is 3.82. The van der Waals surface area contributed by atoms with Gasteiger partial charge in [-0.15, -0.1) is 0 Å². The van der Waals surface area contributed by atoms with Crippen molar-refractivity contribution in [2.45, 2.75) is 19.9 Å². The molecule has 134 valence electrons. The lowest BCUT2D eigenvalue weighted by Gasteiger charge is -2.26. The lowest BCUT2D eigenvalue weighted by molar-refractivity contribution is 0.0724. The van der Waals surface area contributed by atoms with Gasteiger partial charge in [0.15, 0.2) is 0 Å². The third-order valence-electron chi connectivity index (χ3n) is 5.22. The summed E-state index contributed by atoms with van der Waals surface area (Å²) in [4.78, 5) is 17.8. The molecule has 5 heteroatoms. The van der Waals surface area contributed by atoms with Crippen LogP contribution in [0.25, 0.3) is 22.0 Å². The Morgan fingerprint density at radius 2 is 2.04 bits per heavy atom. The van der Waals surface area contributed by atoms with E-state index in [1.807, 2.05) is 42.3 Å². The standard InChI is InChI=1S/C22H19N3O2/c1-14-11-19(23-12-14)22(26)25-10-9-20-18(13-25)21(24-27-20)17-8-4-6-15-5-2-3-7-16(15)17/h2-8,11-12,23H,9-10,13H2,1H3. The Balaban J connectivity index is 1.54. The lowest BCUT2D eigenvalue weighted by Crippen LogP contribution is -2.35. The second kappa shape index (κ2) is 6.13. The summed E-state index contributed by atoms with van der Waals surface area (Å²) < 4.78 is 5.63. The van der Waals surface area contributed by atoms with Crippen molar-refractivity contribution in [3.63, 3.8) is 0 Å². The smallest absolute Gasteiger partial charge is 0.270 e. The number of H-pyrrole nitrogens is 1. The average Bonchev–Trinajstić information content (AvgIpc) is 3.32. The van der Waals surface area contributed by atoms with E-state index < -0.39 is 0 Å². The minimum atomic E-state index is 0.0128. The SMILES string of the molecule is Cc1c[nH]c(C(=O)N2CCc3onc(-c4cccc5ccccc45)c3C2)c1. The number of carbonyl (C=O) groups is 1. The van der Waals surface area contributed by atoms with E-state index in [4.69, 9.17) is 4.52 Å². The summed E-state index contributed by atoms with van der Waals surface area (Å²) in [6, 6.07) is 16.3.